The molecule has 0 spiro atoms. The minimum Gasteiger partial charge on any atom is -0.388 e. The number of aryl methyl sites for hydroxylation is 1. The lowest BCUT2D eigenvalue weighted by atomic mass is 9.97. The fourth-order valence-electron chi connectivity index (χ4n) is 1.28. The van der Waals surface area contributed by atoms with Crippen LogP contribution in [0.15, 0.2) is 4.52 Å². The summed E-state index contributed by atoms with van der Waals surface area (Å²) in [5.41, 5.74) is -0.808. The summed E-state index contributed by atoms with van der Waals surface area (Å²) in [6, 6.07) is 0.263. The number of nitrogens with one attached hydrogen (secondary N) is 1. The minimum atomic E-state index is -0.808. The molecular formula is C9H17N3O2. The third-order valence-electron chi connectivity index (χ3n) is 2.09. The van der Waals surface area contributed by atoms with E-state index in [1.807, 2.05) is 6.92 Å². The monoisotopic (exact) mass is 199 g/mol. The van der Waals surface area contributed by atoms with Gasteiger partial charge in [0.2, 0.25) is 0 Å². The van der Waals surface area contributed by atoms with E-state index in [4.69, 9.17) is 4.52 Å². The molecule has 0 aliphatic heterocycles. The van der Waals surface area contributed by atoms with Gasteiger partial charge in [0.1, 0.15) is 0 Å². The van der Waals surface area contributed by atoms with E-state index in [-0.39, 0.29) is 6.04 Å². The molecule has 0 bridgehead atoms. The Morgan fingerprint density at radius 3 is 2.57 bits per heavy atom. The zero-order valence-corrected chi connectivity index (χ0v) is 9.03. The van der Waals surface area contributed by atoms with Crippen molar-refractivity contribution in [2.75, 3.05) is 5.32 Å². The van der Waals surface area contributed by atoms with E-state index in [1.54, 1.807) is 20.8 Å². The Morgan fingerprint density at radius 2 is 2.21 bits per heavy atom. The lowest BCUT2D eigenvalue weighted by molar-refractivity contribution is 0.0569. The average Bonchev–Trinajstić information content (AvgIpc) is 2.45. The second-order valence-electron chi connectivity index (χ2n) is 3.91. The van der Waals surface area contributed by atoms with Crippen LogP contribution in [-0.2, 0) is 0 Å². The minimum absolute atomic E-state index is 0.0950. The van der Waals surface area contributed by atoms with Crippen LogP contribution in [-0.4, -0.2) is 26.9 Å². The molecule has 0 radical (unpaired) electrons. The van der Waals surface area contributed by atoms with E-state index >= 15 is 0 Å². The Balaban J connectivity index is 2.66. The average molecular weight is 199 g/mol. The molecule has 1 rings (SSSR count). The van der Waals surface area contributed by atoms with Crippen LogP contribution in [0.25, 0.3) is 0 Å². The molecule has 0 saturated heterocycles. The van der Waals surface area contributed by atoms with Gasteiger partial charge >= 0.3 is 6.01 Å². The summed E-state index contributed by atoms with van der Waals surface area (Å²) in [6.07, 6.45) is 0.783. The van der Waals surface area contributed by atoms with Gasteiger partial charge in [0.15, 0.2) is 5.82 Å². The summed E-state index contributed by atoms with van der Waals surface area (Å²) < 4.78 is 4.91. The van der Waals surface area contributed by atoms with Crippen LogP contribution in [0.4, 0.5) is 6.01 Å². The van der Waals surface area contributed by atoms with Gasteiger partial charge in [0, 0.05) is 0 Å². The normalized spacial score (nSPS) is 14.1. The molecule has 0 saturated carbocycles. The zero-order valence-electron chi connectivity index (χ0n) is 9.03. The van der Waals surface area contributed by atoms with E-state index < -0.39 is 5.60 Å². The van der Waals surface area contributed by atoms with Crippen LogP contribution < -0.4 is 5.32 Å². The standard InChI is InChI=1S/C9H17N3O2/c1-5-7(9(3,4)13)11-8-10-6(2)12-14-8/h7,13H,5H2,1-4H3,(H,10,11,12). The molecule has 14 heavy (non-hydrogen) atoms. The molecule has 0 aliphatic rings. The van der Waals surface area contributed by atoms with Crippen molar-refractivity contribution in [3.63, 3.8) is 0 Å². The summed E-state index contributed by atoms with van der Waals surface area (Å²) >= 11 is 0. The number of hydrogen-bond donors (Lipinski definition) is 2. The van der Waals surface area contributed by atoms with Gasteiger partial charge in [0.05, 0.1) is 11.6 Å². The summed E-state index contributed by atoms with van der Waals surface area (Å²) in [6.45, 7) is 7.23. The quantitative estimate of drug-likeness (QED) is 0.765. The number of aliphatic hydroxyl groups is 1. The van der Waals surface area contributed by atoms with Crippen molar-refractivity contribution in [3.05, 3.63) is 5.82 Å². The molecule has 0 aromatic carbocycles. The first-order valence-electron chi connectivity index (χ1n) is 4.72. The van der Waals surface area contributed by atoms with Crippen molar-refractivity contribution in [2.45, 2.75) is 45.8 Å². The van der Waals surface area contributed by atoms with E-state index in [0.717, 1.165) is 6.42 Å². The van der Waals surface area contributed by atoms with E-state index in [9.17, 15) is 5.11 Å². The molecule has 0 aliphatic carbocycles. The second-order valence-corrected chi connectivity index (χ2v) is 3.91. The summed E-state index contributed by atoms with van der Waals surface area (Å²) in [4.78, 5) is 4.01. The third-order valence-corrected chi connectivity index (χ3v) is 2.09. The topological polar surface area (TPSA) is 71.2 Å². The first kappa shape index (κ1) is 11.0. The maximum atomic E-state index is 9.79. The molecule has 5 heteroatoms. The van der Waals surface area contributed by atoms with E-state index in [1.165, 1.54) is 0 Å². The lowest BCUT2D eigenvalue weighted by Crippen LogP contribution is -2.41. The zero-order chi connectivity index (χ0) is 10.8. The van der Waals surface area contributed by atoms with Crippen LogP contribution >= 0.6 is 0 Å². The van der Waals surface area contributed by atoms with Crippen LogP contribution in [0.2, 0.25) is 0 Å². The highest BCUT2D eigenvalue weighted by atomic mass is 16.5. The smallest absolute Gasteiger partial charge is 0.321 e. The Labute approximate surface area is 83.5 Å². The first-order valence-corrected chi connectivity index (χ1v) is 4.72. The van der Waals surface area contributed by atoms with E-state index in [0.29, 0.717) is 11.8 Å². The molecule has 1 aromatic heterocycles. The van der Waals surface area contributed by atoms with Crippen molar-refractivity contribution in [1.29, 1.82) is 0 Å². The highest BCUT2D eigenvalue weighted by Crippen LogP contribution is 2.16. The van der Waals surface area contributed by atoms with Crippen molar-refractivity contribution in [1.82, 2.24) is 10.1 Å². The lowest BCUT2D eigenvalue weighted by Gasteiger charge is -2.28. The molecule has 1 aromatic rings. The molecule has 0 amide bonds. The number of hydrogen-bond acceptors (Lipinski definition) is 5. The van der Waals surface area contributed by atoms with Gasteiger partial charge in [-0.05, 0) is 27.2 Å². The number of aromatic nitrogens is 2. The van der Waals surface area contributed by atoms with Crippen molar-refractivity contribution < 1.29 is 9.63 Å². The molecule has 5 nitrogen and oxygen atoms in total. The molecule has 1 unspecified atom stereocenters. The molecular weight excluding hydrogens is 182 g/mol. The Bertz CT molecular complexity index is 290. The molecule has 1 heterocycles. The highest BCUT2D eigenvalue weighted by Gasteiger charge is 2.26. The van der Waals surface area contributed by atoms with Crippen LogP contribution in [0, 0.1) is 6.92 Å². The second kappa shape index (κ2) is 3.96. The third kappa shape index (κ3) is 2.70. The molecule has 0 fully saturated rings. The Morgan fingerprint density at radius 1 is 1.57 bits per heavy atom. The first-order chi connectivity index (χ1) is 6.43. The Hall–Kier alpha value is -1.10. The summed E-state index contributed by atoms with van der Waals surface area (Å²) in [5.74, 6) is 0.582. The predicted octanol–water partition coefficient (Wildman–Crippen LogP) is 1.34. The molecule has 1 atom stereocenters. The van der Waals surface area contributed by atoms with Crippen molar-refractivity contribution in [3.8, 4) is 0 Å². The predicted molar refractivity (Wildman–Crippen MR) is 53.0 cm³/mol. The summed E-state index contributed by atoms with van der Waals surface area (Å²) in [5, 5.41) is 16.4. The summed E-state index contributed by atoms with van der Waals surface area (Å²) in [7, 11) is 0. The number of anilines is 1. The molecule has 80 valence electrons. The van der Waals surface area contributed by atoms with Crippen LogP contribution in [0.5, 0.6) is 0 Å². The van der Waals surface area contributed by atoms with Crippen LogP contribution in [0.3, 0.4) is 0 Å². The van der Waals surface area contributed by atoms with Gasteiger partial charge in [-0.25, -0.2) is 0 Å². The van der Waals surface area contributed by atoms with Gasteiger partial charge in [-0.15, -0.1) is 0 Å². The number of rotatable bonds is 4. The fourth-order valence-corrected chi connectivity index (χ4v) is 1.28. The van der Waals surface area contributed by atoms with E-state index in [2.05, 4.69) is 15.5 Å². The van der Waals surface area contributed by atoms with Crippen molar-refractivity contribution >= 4 is 6.01 Å². The number of nitrogens with zero attached hydrogens (tertiary/aromatic N) is 2. The van der Waals surface area contributed by atoms with Crippen LogP contribution in [0.1, 0.15) is 33.0 Å². The van der Waals surface area contributed by atoms with Gasteiger partial charge in [0.25, 0.3) is 0 Å². The highest BCUT2D eigenvalue weighted by molar-refractivity contribution is 5.22. The fraction of sp³-hybridized carbons (Fsp3) is 0.778. The van der Waals surface area contributed by atoms with Crippen molar-refractivity contribution in [2.24, 2.45) is 0 Å². The maximum Gasteiger partial charge on any atom is 0.321 e. The van der Waals surface area contributed by atoms with Gasteiger partial charge in [-0.1, -0.05) is 12.1 Å². The Kier molecular flexibility index (Phi) is 3.10. The van der Waals surface area contributed by atoms with Gasteiger partial charge < -0.3 is 14.9 Å². The van der Waals surface area contributed by atoms with Gasteiger partial charge in [-0.3, -0.25) is 0 Å². The largest absolute Gasteiger partial charge is 0.388 e. The maximum absolute atomic E-state index is 9.79. The SMILES string of the molecule is CCC(Nc1nc(C)no1)C(C)(C)O. The van der Waals surface area contributed by atoms with Gasteiger partial charge in [-0.2, -0.15) is 4.98 Å². The molecule has 2 N–H and O–H groups in total.